The zero-order chi connectivity index (χ0) is 2.71. The Morgan fingerprint density at radius 3 is 2.00 bits per heavy atom. The SMILES string of the molecule is O=NO.[H-].[H-].[Mg+2]. The quantitative estimate of drug-likeness (QED) is 0.249. The van der Waals surface area contributed by atoms with Gasteiger partial charge in [-0.1, -0.05) is 0 Å². The summed E-state index contributed by atoms with van der Waals surface area (Å²) in [5.74, 6) is 0. The van der Waals surface area contributed by atoms with Crippen LogP contribution in [0.25, 0.3) is 0 Å². The Labute approximate surface area is 42.1 Å². The molecule has 0 amide bonds. The molecule has 0 saturated carbocycles. The van der Waals surface area contributed by atoms with Gasteiger partial charge in [0.1, 0.15) is 0 Å². The second-order valence-electron chi connectivity index (χ2n) is 0.0816. The number of hydrogen-bond donors (Lipinski definition) is 1. The Kier molecular flexibility index (Phi) is 24.3. The Balaban J connectivity index is -0.00000000667. The summed E-state index contributed by atoms with van der Waals surface area (Å²) in [5.41, 5.74) is 0. The molecule has 0 aromatic rings. The molecule has 0 rings (SSSR count). The van der Waals surface area contributed by atoms with Crippen LogP contribution in [0, 0.1) is 4.91 Å². The first-order valence-corrected chi connectivity index (χ1v) is 0.383. The van der Waals surface area contributed by atoms with Crippen LogP contribution in [0.5, 0.6) is 0 Å². The average Bonchev–Trinajstić information content (AvgIpc) is 0.918. The van der Waals surface area contributed by atoms with Gasteiger partial charge in [-0.3, -0.25) is 0 Å². The van der Waals surface area contributed by atoms with Gasteiger partial charge in [0.05, 0.1) is 0 Å². The standard InChI is InChI=1S/Mg.HNO2.2H/c;2-1-3;;/h;(H,2,3);;/q+2;;2*-1. The monoisotopic (exact) mass is 73.0 g/mol. The van der Waals surface area contributed by atoms with E-state index in [4.69, 9.17) is 10.1 Å². The second kappa shape index (κ2) is 10.9. The van der Waals surface area contributed by atoms with Crippen LogP contribution in [0.2, 0.25) is 0 Å². The minimum Gasteiger partial charge on any atom is -1.00 e. The summed E-state index contributed by atoms with van der Waals surface area (Å²) < 4.78 is 0. The van der Waals surface area contributed by atoms with E-state index in [0.29, 0.717) is 0 Å². The van der Waals surface area contributed by atoms with Crippen LogP contribution in [-0.2, 0) is 0 Å². The van der Waals surface area contributed by atoms with E-state index in [1.807, 2.05) is 0 Å². The molecule has 0 aromatic heterocycles. The molecule has 0 aliphatic rings. The fourth-order valence-electron chi connectivity index (χ4n) is 0. The van der Waals surface area contributed by atoms with E-state index in [-0.39, 0.29) is 25.9 Å². The normalized spacial score (nSPS) is 3.00. The molecule has 0 aliphatic carbocycles. The maximum Gasteiger partial charge on any atom is 2.00 e. The maximum atomic E-state index is 8.11. The van der Waals surface area contributed by atoms with E-state index in [2.05, 4.69) is 0 Å². The predicted molar refractivity (Wildman–Crippen MR) is 15.6 cm³/mol. The van der Waals surface area contributed by atoms with Gasteiger partial charge in [-0.05, 0) is 0 Å². The molecule has 4 heteroatoms. The summed E-state index contributed by atoms with van der Waals surface area (Å²) >= 11 is 0. The number of nitrogens with zero attached hydrogens (tertiary/aromatic N) is 1. The van der Waals surface area contributed by atoms with Crippen molar-refractivity contribution in [1.29, 1.82) is 0 Å². The molecule has 4 heavy (non-hydrogen) atoms. The Morgan fingerprint density at radius 2 is 2.00 bits per heavy atom. The van der Waals surface area contributed by atoms with E-state index in [1.54, 1.807) is 0 Å². The van der Waals surface area contributed by atoms with E-state index in [9.17, 15) is 0 Å². The Morgan fingerprint density at radius 1 is 2.00 bits per heavy atom. The van der Waals surface area contributed by atoms with E-state index in [0.717, 1.165) is 0 Å². The Hall–Kier alpha value is 0.166. The summed E-state index contributed by atoms with van der Waals surface area (Å²) in [6.45, 7) is 0. The van der Waals surface area contributed by atoms with E-state index < -0.39 is 0 Å². The van der Waals surface area contributed by atoms with Gasteiger partial charge in [0.25, 0.3) is 0 Å². The van der Waals surface area contributed by atoms with Crippen molar-refractivity contribution in [1.82, 2.24) is 0 Å². The van der Waals surface area contributed by atoms with Gasteiger partial charge < -0.3 is 8.06 Å². The van der Waals surface area contributed by atoms with Crippen molar-refractivity contribution in [3.63, 3.8) is 0 Å². The molecule has 0 atom stereocenters. The molecular weight excluding hydrogens is 70.3 g/mol. The first-order chi connectivity index (χ1) is 1.41. The van der Waals surface area contributed by atoms with Crippen LogP contribution in [-0.4, -0.2) is 28.3 Å². The molecule has 1 N–H and O–H groups in total. The second-order valence-corrected chi connectivity index (χ2v) is 0.0816. The zero-order valence-corrected chi connectivity index (χ0v) is 3.42. The summed E-state index contributed by atoms with van der Waals surface area (Å²) in [6, 6.07) is 0. The third-order valence-corrected chi connectivity index (χ3v) is 0. The van der Waals surface area contributed by atoms with Crippen LogP contribution in [0.4, 0.5) is 0 Å². The number of hydrogen-bond acceptors (Lipinski definition) is 2. The summed E-state index contributed by atoms with van der Waals surface area (Å²) in [6.07, 6.45) is 0. The molecule has 0 heterocycles. The molecule has 0 spiro atoms. The van der Waals surface area contributed by atoms with Crippen molar-refractivity contribution < 1.29 is 8.06 Å². The van der Waals surface area contributed by atoms with Crippen LogP contribution in [0.3, 0.4) is 0 Å². The van der Waals surface area contributed by atoms with Gasteiger partial charge in [-0.15, -0.1) is 4.91 Å². The van der Waals surface area contributed by atoms with Crippen LogP contribution < -0.4 is 0 Å². The molecule has 3 nitrogen and oxygen atoms in total. The van der Waals surface area contributed by atoms with Crippen molar-refractivity contribution in [2.45, 2.75) is 0 Å². The van der Waals surface area contributed by atoms with Gasteiger partial charge in [-0.2, -0.15) is 0 Å². The third kappa shape index (κ3) is 107. The molecule has 0 unspecified atom stereocenters. The van der Waals surface area contributed by atoms with Gasteiger partial charge in [0.15, 0.2) is 5.34 Å². The van der Waals surface area contributed by atoms with E-state index >= 15 is 0 Å². The van der Waals surface area contributed by atoms with Crippen molar-refractivity contribution in [2.75, 3.05) is 0 Å². The molecule has 0 aliphatic heterocycles. The van der Waals surface area contributed by atoms with Crippen molar-refractivity contribution in [2.24, 2.45) is 5.34 Å². The average molecular weight is 73.3 g/mol. The van der Waals surface area contributed by atoms with Gasteiger partial charge in [0, 0.05) is 0 Å². The van der Waals surface area contributed by atoms with Crippen LogP contribution in [0.15, 0.2) is 5.34 Å². The fraction of sp³-hybridized carbons (Fsp3) is 0. The van der Waals surface area contributed by atoms with Crippen molar-refractivity contribution in [3.05, 3.63) is 4.91 Å². The largest absolute Gasteiger partial charge is 2.00 e. The Bertz CT molecular complexity index is 19.0. The van der Waals surface area contributed by atoms with Gasteiger partial charge >= 0.3 is 23.1 Å². The molecule has 0 fully saturated rings. The first-order valence-electron chi connectivity index (χ1n) is 0.383. The molecule has 22 valence electrons. The minimum atomic E-state index is 0. The molecule has 0 radical (unpaired) electrons. The topological polar surface area (TPSA) is 49.7 Å². The molecule has 0 aromatic carbocycles. The predicted octanol–water partition coefficient (Wildman–Crippen LogP) is -0.0138. The fourth-order valence-corrected chi connectivity index (χ4v) is 0. The van der Waals surface area contributed by atoms with Crippen molar-refractivity contribution in [3.8, 4) is 0 Å². The first kappa shape index (κ1) is 8.90. The minimum absolute atomic E-state index is 0. The smallest absolute Gasteiger partial charge is 1.00 e. The van der Waals surface area contributed by atoms with Gasteiger partial charge in [0.2, 0.25) is 0 Å². The summed E-state index contributed by atoms with van der Waals surface area (Å²) in [4.78, 5) is 8.11. The number of rotatable bonds is 0. The summed E-state index contributed by atoms with van der Waals surface area (Å²) in [7, 11) is 0. The maximum absolute atomic E-state index is 8.11. The summed E-state index contributed by atoms with van der Waals surface area (Å²) in [5, 5.41) is 7.89. The van der Waals surface area contributed by atoms with E-state index in [1.165, 1.54) is 5.34 Å². The third-order valence-electron chi connectivity index (χ3n) is 0. The van der Waals surface area contributed by atoms with Crippen molar-refractivity contribution >= 4 is 23.1 Å². The molecular formula is H3MgNO2. The van der Waals surface area contributed by atoms with Gasteiger partial charge in [-0.25, -0.2) is 0 Å². The molecule has 0 saturated heterocycles. The van der Waals surface area contributed by atoms with Crippen LogP contribution >= 0.6 is 0 Å². The van der Waals surface area contributed by atoms with Crippen LogP contribution in [0.1, 0.15) is 2.85 Å². The molecule has 0 bridgehead atoms. The zero-order valence-electron chi connectivity index (χ0n) is 4.01.